The molecule has 0 saturated carbocycles. The van der Waals surface area contributed by atoms with E-state index in [9.17, 15) is 4.79 Å². The van der Waals surface area contributed by atoms with Crippen LogP contribution in [0.25, 0.3) is 16.5 Å². The summed E-state index contributed by atoms with van der Waals surface area (Å²) in [6, 6.07) is 25.6. The molecule has 4 aromatic rings. The maximum absolute atomic E-state index is 13.3. The number of para-hydroxylation sites is 2. The highest BCUT2D eigenvalue weighted by molar-refractivity contribution is 6.03. The van der Waals surface area contributed by atoms with E-state index >= 15 is 0 Å². The fourth-order valence-corrected chi connectivity index (χ4v) is 3.55. The van der Waals surface area contributed by atoms with Crippen molar-refractivity contribution in [3.8, 4) is 11.4 Å². The van der Waals surface area contributed by atoms with Crippen LogP contribution in [0.5, 0.6) is 5.75 Å². The van der Waals surface area contributed by atoms with Gasteiger partial charge in [0.2, 0.25) is 5.78 Å². The van der Waals surface area contributed by atoms with E-state index < -0.39 is 6.10 Å². The Kier molecular flexibility index (Phi) is 3.01. The third-order valence-corrected chi connectivity index (χ3v) is 4.71. The molecule has 0 amide bonds. The normalized spacial score (nSPS) is 16.0. The lowest BCUT2D eigenvalue weighted by molar-refractivity contribution is 0.0798. The van der Waals surface area contributed by atoms with E-state index in [4.69, 9.17) is 4.74 Å². The monoisotopic (exact) mass is 325 g/mol. The Morgan fingerprint density at radius 3 is 2.56 bits per heavy atom. The molecule has 25 heavy (non-hydrogen) atoms. The van der Waals surface area contributed by atoms with Crippen LogP contribution in [-0.4, -0.2) is 10.4 Å². The number of hydrogen-bond donors (Lipinski definition) is 0. The van der Waals surface area contributed by atoms with Gasteiger partial charge in [0.25, 0.3) is 0 Å². The quantitative estimate of drug-likeness (QED) is 0.496. The number of ketones is 1. The summed E-state index contributed by atoms with van der Waals surface area (Å²) in [6.45, 7) is 0. The number of fused-ring (bicyclic) bond motifs is 4. The number of rotatable bonds is 1. The van der Waals surface area contributed by atoms with E-state index in [-0.39, 0.29) is 5.78 Å². The molecule has 1 aliphatic heterocycles. The Morgan fingerprint density at radius 2 is 1.60 bits per heavy atom. The fraction of sp³-hybridized carbons (Fsp3) is 0.0455. The van der Waals surface area contributed by atoms with Gasteiger partial charge >= 0.3 is 0 Å². The van der Waals surface area contributed by atoms with Crippen molar-refractivity contribution in [2.24, 2.45) is 0 Å². The number of carbonyl (C=O) groups is 1. The van der Waals surface area contributed by atoms with Gasteiger partial charge in [0.1, 0.15) is 5.75 Å². The van der Waals surface area contributed by atoms with Gasteiger partial charge in [-0.2, -0.15) is 0 Å². The van der Waals surface area contributed by atoms with Crippen LogP contribution < -0.4 is 4.74 Å². The zero-order valence-electron chi connectivity index (χ0n) is 13.4. The summed E-state index contributed by atoms with van der Waals surface area (Å²) < 4.78 is 8.14. The SMILES string of the molecule is O=C1c2cccn2-c2ccccc2OC1c1cccc2ccccc12. The van der Waals surface area contributed by atoms with Crippen LogP contribution in [0.2, 0.25) is 0 Å². The molecule has 1 unspecified atom stereocenters. The first-order chi connectivity index (χ1) is 12.3. The molecule has 0 saturated heterocycles. The Hall–Kier alpha value is -3.33. The Labute approximate surface area is 145 Å². The number of benzene rings is 3. The zero-order chi connectivity index (χ0) is 16.8. The third-order valence-electron chi connectivity index (χ3n) is 4.71. The summed E-state index contributed by atoms with van der Waals surface area (Å²) in [7, 11) is 0. The number of hydrogen-bond acceptors (Lipinski definition) is 2. The van der Waals surface area contributed by atoms with Crippen LogP contribution in [0.15, 0.2) is 85.1 Å². The lowest BCUT2D eigenvalue weighted by Gasteiger charge is -2.18. The predicted molar refractivity (Wildman–Crippen MR) is 97.4 cm³/mol. The van der Waals surface area contributed by atoms with E-state index in [1.54, 1.807) is 0 Å². The predicted octanol–water partition coefficient (Wildman–Crippen LogP) is 4.95. The van der Waals surface area contributed by atoms with Gasteiger partial charge in [0.05, 0.1) is 11.4 Å². The van der Waals surface area contributed by atoms with Crippen LogP contribution >= 0.6 is 0 Å². The zero-order valence-corrected chi connectivity index (χ0v) is 13.4. The van der Waals surface area contributed by atoms with Crippen LogP contribution in [0.4, 0.5) is 0 Å². The fourth-order valence-electron chi connectivity index (χ4n) is 3.55. The van der Waals surface area contributed by atoms with Gasteiger partial charge in [-0.1, -0.05) is 54.6 Å². The second-order valence-corrected chi connectivity index (χ2v) is 6.16. The number of nitrogens with zero attached hydrogens (tertiary/aromatic N) is 1. The van der Waals surface area contributed by atoms with Gasteiger partial charge in [-0.3, -0.25) is 4.79 Å². The minimum atomic E-state index is -0.664. The lowest BCUT2D eigenvalue weighted by atomic mass is 9.97. The number of ether oxygens (including phenoxy) is 1. The van der Waals surface area contributed by atoms with E-state index in [2.05, 4.69) is 12.1 Å². The molecule has 3 nitrogen and oxygen atoms in total. The minimum absolute atomic E-state index is 0.0300. The third kappa shape index (κ3) is 2.09. The first-order valence-electron chi connectivity index (χ1n) is 8.28. The molecule has 0 aliphatic carbocycles. The molecule has 0 bridgehead atoms. The average Bonchev–Trinajstić information content (AvgIpc) is 3.11. The van der Waals surface area contributed by atoms with E-state index in [0.717, 1.165) is 22.0 Å². The topological polar surface area (TPSA) is 31.2 Å². The summed E-state index contributed by atoms with van der Waals surface area (Å²) in [5.41, 5.74) is 2.43. The highest BCUT2D eigenvalue weighted by Gasteiger charge is 2.31. The summed E-state index contributed by atoms with van der Waals surface area (Å²) in [5, 5.41) is 2.14. The number of aromatic nitrogens is 1. The van der Waals surface area contributed by atoms with Crippen molar-refractivity contribution in [3.05, 3.63) is 96.3 Å². The van der Waals surface area contributed by atoms with Gasteiger partial charge in [0, 0.05) is 11.8 Å². The van der Waals surface area contributed by atoms with Crippen molar-refractivity contribution in [1.82, 2.24) is 4.57 Å². The molecule has 0 N–H and O–H groups in total. The molecule has 3 aromatic carbocycles. The second-order valence-electron chi connectivity index (χ2n) is 6.16. The van der Waals surface area contributed by atoms with Gasteiger partial charge in [-0.15, -0.1) is 0 Å². The minimum Gasteiger partial charge on any atom is -0.475 e. The Morgan fingerprint density at radius 1 is 0.800 bits per heavy atom. The number of Topliss-reactive ketones (excluding diaryl/α,β-unsaturated/α-hetero) is 1. The molecule has 1 aliphatic rings. The first kappa shape index (κ1) is 14.1. The molecule has 0 radical (unpaired) electrons. The molecule has 0 spiro atoms. The van der Waals surface area contributed by atoms with Gasteiger partial charge in [0.15, 0.2) is 6.10 Å². The van der Waals surface area contributed by atoms with Crippen molar-refractivity contribution in [3.63, 3.8) is 0 Å². The summed E-state index contributed by atoms with van der Waals surface area (Å²) in [6.07, 6.45) is 1.24. The van der Waals surface area contributed by atoms with Crippen LogP contribution in [-0.2, 0) is 0 Å². The van der Waals surface area contributed by atoms with Crippen molar-refractivity contribution >= 4 is 16.6 Å². The van der Waals surface area contributed by atoms with E-state index in [0.29, 0.717) is 11.4 Å². The Bertz CT molecular complexity index is 1100. The maximum atomic E-state index is 13.3. The molecular weight excluding hydrogens is 310 g/mol. The maximum Gasteiger partial charge on any atom is 0.224 e. The van der Waals surface area contributed by atoms with E-state index in [1.807, 2.05) is 77.5 Å². The summed E-state index contributed by atoms with van der Waals surface area (Å²) in [5.74, 6) is 0.682. The Balaban J connectivity index is 1.77. The van der Waals surface area contributed by atoms with Gasteiger partial charge < -0.3 is 9.30 Å². The molecule has 1 atom stereocenters. The molecule has 3 heteroatoms. The summed E-state index contributed by atoms with van der Waals surface area (Å²) >= 11 is 0. The summed E-state index contributed by atoms with van der Waals surface area (Å²) in [4.78, 5) is 13.3. The molecule has 1 aromatic heterocycles. The molecular formula is C22H15NO2. The molecule has 120 valence electrons. The number of carbonyl (C=O) groups excluding carboxylic acids is 1. The average molecular weight is 325 g/mol. The van der Waals surface area contributed by atoms with Crippen LogP contribution in [0, 0.1) is 0 Å². The van der Waals surface area contributed by atoms with Crippen molar-refractivity contribution < 1.29 is 9.53 Å². The van der Waals surface area contributed by atoms with E-state index in [1.165, 1.54) is 0 Å². The highest BCUT2D eigenvalue weighted by atomic mass is 16.5. The smallest absolute Gasteiger partial charge is 0.224 e. The largest absolute Gasteiger partial charge is 0.475 e. The first-order valence-corrected chi connectivity index (χ1v) is 8.28. The highest BCUT2D eigenvalue weighted by Crippen LogP contribution is 2.37. The molecule has 5 rings (SSSR count). The van der Waals surface area contributed by atoms with Gasteiger partial charge in [-0.05, 0) is 35.0 Å². The molecule has 2 heterocycles. The van der Waals surface area contributed by atoms with Crippen LogP contribution in [0.1, 0.15) is 22.2 Å². The lowest BCUT2D eigenvalue weighted by Crippen LogP contribution is -2.19. The van der Waals surface area contributed by atoms with Crippen molar-refractivity contribution in [1.29, 1.82) is 0 Å². The standard InChI is InChI=1S/C22H15NO2/c24-21-19-12-6-14-23(19)18-11-3-4-13-20(18)25-22(21)17-10-5-8-15-7-1-2-9-16(15)17/h1-14,22H. The van der Waals surface area contributed by atoms with Gasteiger partial charge in [-0.25, -0.2) is 0 Å². The van der Waals surface area contributed by atoms with Crippen LogP contribution in [0.3, 0.4) is 0 Å². The molecule has 0 fully saturated rings. The second kappa shape index (κ2) is 5.35. The van der Waals surface area contributed by atoms with Crippen molar-refractivity contribution in [2.75, 3.05) is 0 Å². The van der Waals surface area contributed by atoms with Crippen molar-refractivity contribution in [2.45, 2.75) is 6.10 Å².